The minimum absolute atomic E-state index is 0.0702. The number of fused-ring (bicyclic) bond motifs is 1. The number of hydrogen-bond donors (Lipinski definition) is 1. The van der Waals surface area contributed by atoms with Crippen LogP contribution in [0.2, 0.25) is 0 Å². The summed E-state index contributed by atoms with van der Waals surface area (Å²) in [6.45, 7) is 2.61. The standard InChI is InChI=1S/C19H21FN2O/c1-13(11-14-5-2-6-15(20)12-14)19(23)22-10-4-7-16-17(21)8-3-9-18(16)22/h2-3,5-6,8-9,12-13H,4,7,10-11,21H2,1H3. The fraction of sp³-hybridized carbons (Fsp3) is 0.316. The van der Waals surface area contributed by atoms with E-state index < -0.39 is 0 Å². The molecule has 1 amide bonds. The Balaban J connectivity index is 1.80. The molecule has 0 radical (unpaired) electrons. The molecule has 0 saturated heterocycles. The van der Waals surface area contributed by atoms with E-state index in [1.54, 1.807) is 6.07 Å². The highest BCUT2D eigenvalue weighted by Gasteiger charge is 2.27. The van der Waals surface area contributed by atoms with Crippen molar-refractivity contribution in [3.63, 3.8) is 0 Å². The maximum atomic E-state index is 13.3. The van der Waals surface area contributed by atoms with Gasteiger partial charge >= 0.3 is 0 Å². The average molecular weight is 312 g/mol. The van der Waals surface area contributed by atoms with Crippen molar-refractivity contribution in [2.24, 2.45) is 5.92 Å². The fourth-order valence-corrected chi connectivity index (χ4v) is 3.25. The number of rotatable bonds is 3. The van der Waals surface area contributed by atoms with Crippen molar-refractivity contribution in [2.75, 3.05) is 17.2 Å². The number of nitrogens with two attached hydrogens (primary N) is 1. The molecule has 120 valence electrons. The first-order chi connectivity index (χ1) is 11.1. The number of nitrogens with zero attached hydrogens (tertiary/aromatic N) is 1. The molecule has 2 aromatic rings. The van der Waals surface area contributed by atoms with Crippen LogP contribution < -0.4 is 10.6 Å². The van der Waals surface area contributed by atoms with Crippen LogP contribution in [-0.2, 0) is 17.6 Å². The lowest BCUT2D eigenvalue weighted by Gasteiger charge is -2.32. The van der Waals surface area contributed by atoms with Gasteiger partial charge in [-0.3, -0.25) is 4.79 Å². The number of carbonyl (C=O) groups excluding carboxylic acids is 1. The van der Waals surface area contributed by atoms with Gasteiger partial charge in [-0.25, -0.2) is 4.39 Å². The Morgan fingerprint density at radius 3 is 2.87 bits per heavy atom. The van der Waals surface area contributed by atoms with Crippen LogP contribution >= 0.6 is 0 Å². The first-order valence-corrected chi connectivity index (χ1v) is 7.99. The van der Waals surface area contributed by atoms with Crippen molar-refractivity contribution in [3.8, 4) is 0 Å². The Labute approximate surface area is 135 Å². The first kappa shape index (κ1) is 15.5. The number of benzene rings is 2. The predicted molar refractivity (Wildman–Crippen MR) is 90.8 cm³/mol. The largest absolute Gasteiger partial charge is 0.398 e. The second-order valence-corrected chi connectivity index (χ2v) is 6.17. The minimum atomic E-state index is -0.266. The van der Waals surface area contributed by atoms with Crippen LogP contribution in [0.15, 0.2) is 42.5 Å². The molecule has 1 aliphatic heterocycles. The third-order valence-corrected chi connectivity index (χ3v) is 4.41. The Bertz CT molecular complexity index is 729. The smallest absolute Gasteiger partial charge is 0.230 e. The zero-order valence-electron chi connectivity index (χ0n) is 13.3. The molecule has 4 heteroatoms. The maximum absolute atomic E-state index is 13.3. The van der Waals surface area contributed by atoms with Crippen molar-refractivity contribution in [2.45, 2.75) is 26.2 Å². The number of halogens is 1. The van der Waals surface area contributed by atoms with Gasteiger partial charge in [0.1, 0.15) is 5.82 Å². The first-order valence-electron chi connectivity index (χ1n) is 7.99. The lowest BCUT2D eigenvalue weighted by atomic mass is 9.95. The van der Waals surface area contributed by atoms with Gasteiger partial charge in [0.05, 0.1) is 0 Å². The highest BCUT2D eigenvalue weighted by Crippen LogP contribution is 2.32. The van der Waals surface area contributed by atoms with E-state index in [1.165, 1.54) is 12.1 Å². The van der Waals surface area contributed by atoms with Crippen molar-refractivity contribution in [3.05, 3.63) is 59.4 Å². The highest BCUT2D eigenvalue weighted by molar-refractivity contribution is 5.96. The summed E-state index contributed by atoms with van der Waals surface area (Å²) < 4.78 is 13.3. The van der Waals surface area contributed by atoms with Crippen LogP contribution in [0.3, 0.4) is 0 Å². The van der Waals surface area contributed by atoms with Gasteiger partial charge in [0.15, 0.2) is 0 Å². The van der Waals surface area contributed by atoms with Gasteiger partial charge < -0.3 is 10.6 Å². The molecule has 1 atom stereocenters. The normalized spacial score (nSPS) is 15.1. The summed E-state index contributed by atoms with van der Waals surface area (Å²) in [6.07, 6.45) is 2.36. The van der Waals surface area contributed by atoms with Gasteiger partial charge in [0.2, 0.25) is 5.91 Å². The molecule has 0 aliphatic carbocycles. The second-order valence-electron chi connectivity index (χ2n) is 6.17. The van der Waals surface area contributed by atoms with Gasteiger partial charge in [-0.2, -0.15) is 0 Å². The topological polar surface area (TPSA) is 46.3 Å². The van der Waals surface area contributed by atoms with Crippen molar-refractivity contribution in [1.29, 1.82) is 0 Å². The average Bonchev–Trinajstić information content (AvgIpc) is 2.54. The minimum Gasteiger partial charge on any atom is -0.398 e. The summed E-state index contributed by atoms with van der Waals surface area (Å²) in [5.74, 6) is -0.400. The maximum Gasteiger partial charge on any atom is 0.230 e. The number of amides is 1. The number of hydrogen-bond acceptors (Lipinski definition) is 2. The molecule has 2 N–H and O–H groups in total. The highest BCUT2D eigenvalue weighted by atomic mass is 19.1. The van der Waals surface area contributed by atoms with E-state index in [2.05, 4.69) is 0 Å². The Morgan fingerprint density at radius 2 is 2.09 bits per heavy atom. The lowest BCUT2D eigenvalue weighted by Crippen LogP contribution is -2.39. The van der Waals surface area contributed by atoms with Gasteiger partial charge in [0, 0.05) is 23.8 Å². The van der Waals surface area contributed by atoms with E-state index in [0.717, 1.165) is 35.3 Å². The molecule has 1 unspecified atom stereocenters. The van der Waals surface area contributed by atoms with E-state index in [-0.39, 0.29) is 17.6 Å². The molecule has 3 rings (SSSR count). The third-order valence-electron chi connectivity index (χ3n) is 4.41. The van der Waals surface area contributed by atoms with Gasteiger partial charge in [-0.15, -0.1) is 0 Å². The van der Waals surface area contributed by atoms with E-state index >= 15 is 0 Å². The molecule has 0 saturated carbocycles. The molecule has 0 spiro atoms. The number of nitrogen functional groups attached to an aromatic ring is 1. The number of anilines is 2. The number of carbonyl (C=O) groups is 1. The lowest BCUT2D eigenvalue weighted by molar-refractivity contribution is -0.122. The molecule has 1 heterocycles. The summed E-state index contributed by atoms with van der Waals surface area (Å²) in [5, 5.41) is 0. The molecule has 23 heavy (non-hydrogen) atoms. The summed E-state index contributed by atoms with van der Waals surface area (Å²) in [4.78, 5) is 14.7. The zero-order chi connectivity index (χ0) is 16.4. The Morgan fingerprint density at radius 1 is 1.30 bits per heavy atom. The fourth-order valence-electron chi connectivity index (χ4n) is 3.25. The summed E-state index contributed by atoms with van der Waals surface area (Å²) in [5.41, 5.74) is 9.62. The third kappa shape index (κ3) is 3.21. The monoisotopic (exact) mass is 312 g/mol. The van der Waals surface area contributed by atoms with Crippen molar-refractivity contribution < 1.29 is 9.18 Å². The predicted octanol–water partition coefficient (Wildman–Crippen LogP) is 3.57. The molecule has 0 fully saturated rings. The van der Waals surface area contributed by atoms with Crippen LogP contribution in [0.25, 0.3) is 0 Å². The zero-order valence-corrected chi connectivity index (χ0v) is 13.3. The van der Waals surface area contributed by atoms with Gasteiger partial charge in [0.25, 0.3) is 0 Å². The molecular formula is C19H21FN2O. The van der Waals surface area contributed by atoms with Crippen molar-refractivity contribution >= 4 is 17.3 Å². The Kier molecular flexibility index (Phi) is 4.33. The SMILES string of the molecule is CC(Cc1cccc(F)c1)C(=O)N1CCCc2c(N)cccc21. The van der Waals surface area contributed by atoms with Crippen LogP contribution in [0, 0.1) is 11.7 Å². The van der Waals surface area contributed by atoms with Crippen LogP contribution in [0.1, 0.15) is 24.5 Å². The van der Waals surface area contributed by atoms with E-state index in [4.69, 9.17) is 5.73 Å². The van der Waals surface area contributed by atoms with Crippen LogP contribution in [0.5, 0.6) is 0 Å². The molecule has 2 aromatic carbocycles. The molecule has 0 bridgehead atoms. The van der Waals surface area contributed by atoms with Gasteiger partial charge in [-0.1, -0.05) is 25.1 Å². The molecule has 1 aliphatic rings. The summed E-state index contributed by atoms with van der Waals surface area (Å²) in [7, 11) is 0. The van der Waals surface area contributed by atoms with E-state index in [1.807, 2.05) is 36.1 Å². The van der Waals surface area contributed by atoms with Crippen molar-refractivity contribution in [1.82, 2.24) is 0 Å². The van der Waals surface area contributed by atoms with Gasteiger partial charge in [-0.05, 0) is 54.7 Å². The molecule has 3 nitrogen and oxygen atoms in total. The van der Waals surface area contributed by atoms with E-state index in [0.29, 0.717) is 13.0 Å². The summed E-state index contributed by atoms with van der Waals surface area (Å²) >= 11 is 0. The molecule has 0 aromatic heterocycles. The van der Waals surface area contributed by atoms with E-state index in [9.17, 15) is 9.18 Å². The Hall–Kier alpha value is -2.36. The summed E-state index contributed by atoms with van der Waals surface area (Å²) in [6, 6.07) is 12.2. The quantitative estimate of drug-likeness (QED) is 0.881. The van der Waals surface area contributed by atoms with Crippen LogP contribution in [0.4, 0.5) is 15.8 Å². The van der Waals surface area contributed by atoms with Crippen LogP contribution in [-0.4, -0.2) is 12.5 Å². The second kappa shape index (κ2) is 6.41. The molecular weight excluding hydrogens is 291 g/mol.